The molecular weight excluding hydrogens is 418 g/mol. The Morgan fingerprint density at radius 1 is 1.13 bits per heavy atom. The quantitative estimate of drug-likeness (QED) is 0.482. The van der Waals surface area contributed by atoms with Gasteiger partial charge in [0, 0.05) is 25.7 Å². The van der Waals surface area contributed by atoms with Crippen molar-refractivity contribution in [2.24, 2.45) is 0 Å². The Hall–Kier alpha value is -2.71. The van der Waals surface area contributed by atoms with Crippen LogP contribution in [0.5, 0.6) is 5.75 Å². The van der Waals surface area contributed by atoms with Crippen LogP contribution in [0.2, 0.25) is 5.02 Å². The van der Waals surface area contributed by atoms with Gasteiger partial charge in [-0.05, 0) is 18.6 Å². The molecule has 1 saturated heterocycles. The topological polar surface area (TPSA) is 62.4 Å². The summed E-state index contributed by atoms with van der Waals surface area (Å²) >= 11 is 6.18. The first-order valence-electron chi connectivity index (χ1n) is 9.28. The fourth-order valence-electron chi connectivity index (χ4n) is 3.02. The van der Waals surface area contributed by atoms with Crippen molar-refractivity contribution in [2.45, 2.75) is 25.1 Å². The van der Waals surface area contributed by atoms with Crippen LogP contribution in [0.3, 0.4) is 0 Å². The Morgan fingerprint density at radius 3 is 2.27 bits per heavy atom. The fraction of sp³-hybridized carbons (Fsp3) is 0.333. The minimum Gasteiger partial charge on any atom is -0.377 e. The molecule has 6 nitrogen and oxygen atoms in total. The lowest BCUT2D eigenvalue weighted by molar-refractivity contribution is -0.165. The van der Waals surface area contributed by atoms with Crippen molar-refractivity contribution in [1.29, 1.82) is 0 Å². The SMILES string of the molecule is CCCN(Oc1ccc(C(=O)N(C)C)c(Cl)c1)C(=O)[C@@]1(c2ccccc2)OC1(F)F. The summed E-state index contributed by atoms with van der Waals surface area (Å²) in [5.41, 5.74) is -2.15. The van der Waals surface area contributed by atoms with E-state index in [0.29, 0.717) is 6.42 Å². The molecule has 9 heteroatoms. The minimum absolute atomic E-state index is 0.0367. The number of amides is 2. The number of rotatable bonds is 7. The maximum absolute atomic E-state index is 14.2. The smallest absolute Gasteiger partial charge is 0.377 e. The first-order chi connectivity index (χ1) is 14.1. The van der Waals surface area contributed by atoms with Gasteiger partial charge in [0.05, 0.1) is 17.1 Å². The van der Waals surface area contributed by atoms with E-state index >= 15 is 0 Å². The lowest BCUT2D eigenvalue weighted by Gasteiger charge is -2.25. The monoisotopic (exact) mass is 438 g/mol. The summed E-state index contributed by atoms with van der Waals surface area (Å²) in [7, 11) is 3.17. The number of benzene rings is 2. The summed E-state index contributed by atoms with van der Waals surface area (Å²) in [4.78, 5) is 32.2. The number of hydroxylamine groups is 2. The van der Waals surface area contributed by atoms with Gasteiger partial charge in [0.1, 0.15) is 0 Å². The first kappa shape index (κ1) is 22.0. The van der Waals surface area contributed by atoms with Gasteiger partial charge in [-0.15, -0.1) is 0 Å². The average Bonchev–Trinajstić information content (AvgIpc) is 3.30. The van der Waals surface area contributed by atoms with Gasteiger partial charge in [0.2, 0.25) is 0 Å². The van der Waals surface area contributed by atoms with Crippen LogP contribution in [-0.2, 0) is 15.1 Å². The molecule has 1 atom stereocenters. The van der Waals surface area contributed by atoms with E-state index in [9.17, 15) is 18.4 Å². The number of carbonyl (C=O) groups excluding carboxylic acids is 2. The van der Waals surface area contributed by atoms with Crippen molar-refractivity contribution in [1.82, 2.24) is 9.96 Å². The van der Waals surface area contributed by atoms with Crippen LogP contribution in [0.25, 0.3) is 0 Å². The van der Waals surface area contributed by atoms with E-state index in [1.54, 1.807) is 39.2 Å². The van der Waals surface area contributed by atoms with Gasteiger partial charge in [0.25, 0.3) is 11.5 Å². The predicted molar refractivity (Wildman–Crippen MR) is 106 cm³/mol. The van der Waals surface area contributed by atoms with Crippen molar-refractivity contribution in [2.75, 3.05) is 20.6 Å². The minimum atomic E-state index is -3.65. The molecule has 0 spiro atoms. The summed E-state index contributed by atoms with van der Waals surface area (Å²) in [5.74, 6) is -1.20. The highest BCUT2D eigenvalue weighted by atomic mass is 35.5. The molecule has 0 unspecified atom stereocenters. The Balaban J connectivity index is 1.89. The van der Waals surface area contributed by atoms with Gasteiger partial charge >= 0.3 is 12.0 Å². The molecule has 1 fully saturated rings. The van der Waals surface area contributed by atoms with Gasteiger partial charge in [-0.3, -0.25) is 14.3 Å². The zero-order valence-electron chi connectivity index (χ0n) is 16.7. The molecule has 160 valence electrons. The van der Waals surface area contributed by atoms with Crippen LogP contribution in [0, 0.1) is 0 Å². The van der Waals surface area contributed by atoms with Gasteiger partial charge < -0.3 is 9.74 Å². The van der Waals surface area contributed by atoms with Crippen LogP contribution in [-0.4, -0.2) is 48.5 Å². The average molecular weight is 439 g/mol. The van der Waals surface area contributed by atoms with Crippen molar-refractivity contribution in [3.05, 3.63) is 64.7 Å². The van der Waals surface area contributed by atoms with Crippen molar-refractivity contribution in [3.63, 3.8) is 0 Å². The molecule has 3 rings (SSSR count). The molecule has 30 heavy (non-hydrogen) atoms. The third-order valence-corrected chi connectivity index (χ3v) is 4.89. The highest BCUT2D eigenvalue weighted by Crippen LogP contribution is 2.59. The number of alkyl halides is 2. The summed E-state index contributed by atoms with van der Waals surface area (Å²) in [6, 6.07) is 11.8. The molecule has 2 aromatic rings. The highest BCUT2D eigenvalue weighted by Gasteiger charge is 2.81. The van der Waals surface area contributed by atoms with E-state index in [2.05, 4.69) is 4.74 Å². The van der Waals surface area contributed by atoms with Crippen LogP contribution < -0.4 is 4.84 Å². The van der Waals surface area contributed by atoms with Crippen LogP contribution >= 0.6 is 11.6 Å². The second kappa shape index (κ2) is 8.20. The lowest BCUT2D eigenvalue weighted by Crippen LogP contribution is -2.44. The molecule has 0 radical (unpaired) electrons. The zero-order chi connectivity index (χ0) is 22.1. The summed E-state index contributed by atoms with van der Waals surface area (Å²) in [6.07, 6.45) is -3.20. The number of hydrogen-bond acceptors (Lipinski definition) is 4. The van der Waals surface area contributed by atoms with Crippen LogP contribution in [0.15, 0.2) is 48.5 Å². The van der Waals surface area contributed by atoms with E-state index in [0.717, 1.165) is 5.06 Å². The summed E-state index contributed by atoms with van der Waals surface area (Å²) in [6.45, 7) is 1.82. The molecule has 2 aromatic carbocycles. The molecule has 2 amide bonds. The standard InChI is InChI=1S/C21H21ClF2N2O4/c1-4-12-26(29-15-10-11-16(17(22)13-15)18(27)25(2)3)19(28)20(21(23,24)30-20)14-8-6-5-7-9-14/h5-11,13H,4,12H2,1-3H3/t20-/m1/s1. The maximum atomic E-state index is 14.2. The normalized spacial score (nSPS) is 19.1. The molecule has 0 aliphatic carbocycles. The van der Waals surface area contributed by atoms with E-state index < -0.39 is 17.6 Å². The summed E-state index contributed by atoms with van der Waals surface area (Å²) < 4.78 is 33.1. The molecule has 0 N–H and O–H groups in total. The van der Waals surface area contributed by atoms with Gasteiger partial charge in [-0.25, -0.2) is 0 Å². The number of epoxide rings is 1. The number of halogens is 3. The maximum Gasteiger partial charge on any atom is 0.400 e. The number of hydrogen-bond donors (Lipinski definition) is 0. The fourth-order valence-corrected chi connectivity index (χ4v) is 3.27. The Kier molecular flexibility index (Phi) is 6.01. The Bertz CT molecular complexity index is 955. The van der Waals surface area contributed by atoms with Crippen molar-refractivity contribution >= 4 is 23.4 Å². The third-order valence-electron chi connectivity index (χ3n) is 4.58. The number of ether oxygens (including phenoxy) is 1. The molecule has 1 heterocycles. The second-order valence-electron chi connectivity index (χ2n) is 7.01. The third kappa shape index (κ3) is 3.85. The van der Waals surface area contributed by atoms with Crippen LogP contribution in [0.4, 0.5) is 8.78 Å². The first-order valence-corrected chi connectivity index (χ1v) is 9.66. The van der Waals surface area contributed by atoms with E-state index in [1.807, 2.05) is 0 Å². The molecule has 0 saturated carbocycles. The van der Waals surface area contributed by atoms with Gasteiger partial charge in [-0.1, -0.05) is 48.9 Å². The molecule has 1 aliphatic heterocycles. The molecule has 1 aliphatic rings. The van der Waals surface area contributed by atoms with Crippen molar-refractivity contribution in [3.8, 4) is 5.75 Å². The largest absolute Gasteiger partial charge is 0.400 e. The van der Waals surface area contributed by atoms with Gasteiger partial charge in [-0.2, -0.15) is 13.8 Å². The van der Waals surface area contributed by atoms with Crippen LogP contribution in [0.1, 0.15) is 29.3 Å². The zero-order valence-corrected chi connectivity index (χ0v) is 17.5. The molecular formula is C21H21ClF2N2O4. The lowest BCUT2D eigenvalue weighted by atomic mass is 9.97. The second-order valence-corrected chi connectivity index (χ2v) is 7.41. The van der Waals surface area contributed by atoms with Crippen molar-refractivity contribution < 1.29 is 27.9 Å². The van der Waals surface area contributed by atoms with Gasteiger partial charge in [0.15, 0.2) is 5.75 Å². The summed E-state index contributed by atoms with van der Waals surface area (Å²) in [5, 5.41) is 0.952. The molecule has 0 bridgehead atoms. The van der Waals surface area contributed by atoms with E-state index in [-0.39, 0.29) is 34.4 Å². The van der Waals surface area contributed by atoms with E-state index in [4.69, 9.17) is 16.4 Å². The Labute approximate surface area is 177 Å². The predicted octanol–water partition coefficient (Wildman–Crippen LogP) is 4.09. The van der Waals surface area contributed by atoms with E-state index in [1.165, 1.54) is 35.2 Å². The Morgan fingerprint density at radius 2 is 1.77 bits per heavy atom. The number of nitrogens with zero attached hydrogens (tertiary/aromatic N) is 2. The number of carbonyl (C=O) groups is 2. The highest BCUT2D eigenvalue weighted by molar-refractivity contribution is 6.34. The molecule has 0 aromatic heterocycles.